The monoisotopic (exact) mass is 366 g/mol. The Hall–Kier alpha value is -1.89. The molecule has 2 fully saturated rings. The Morgan fingerprint density at radius 3 is 2.60 bits per heavy atom. The number of hydrogen-bond acceptors (Lipinski definition) is 5. The molecule has 136 valence electrons. The maximum absolute atomic E-state index is 12.6. The van der Waals surface area contributed by atoms with Gasteiger partial charge in [0, 0.05) is 25.7 Å². The first-order chi connectivity index (χ1) is 11.7. The van der Waals surface area contributed by atoms with Gasteiger partial charge in [0.1, 0.15) is 16.4 Å². The lowest BCUT2D eigenvalue weighted by Gasteiger charge is -2.38. The summed E-state index contributed by atoms with van der Waals surface area (Å²) in [6.45, 7) is 7.48. The average molecular weight is 367 g/mol. The van der Waals surface area contributed by atoms with Gasteiger partial charge in [-0.05, 0) is 39.5 Å². The van der Waals surface area contributed by atoms with Crippen LogP contribution in [0.15, 0.2) is 12.4 Å². The van der Waals surface area contributed by atoms with Crippen molar-refractivity contribution in [2.45, 2.75) is 45.3 Å². The van der Waals surface area contributed by atoms with Gasteiger partial charge in [-0.25, -0.2) is 14.8 Å². The smallest absolute Gasteiger partial charge is 0.410 e. The Bertz CT molecular complexity index is 659. The highest BCUT2D eigenvalue weighted by Crippen LogP contribution is 2.33. The number of carbonyl (C=O) groups is 2. The molecule has 25 heavy (non-hydrogen) atoms. The molecule has 3 rings (SSSR count). The van der Waals surface area contributed by atoms with Gasteiger partial charge in [-0.15, -0.1) is 0 Å². The number of piperidine rings is 1. The summed E-state index contributed by atoms with van der Waals surface area (Å²) < 4.78 is 5.50. The minimum atomic E-state index is -0.501. The van der Waals surface area contributed by atoms with Crippen molar-refractivity contribution < 1.29 is 14.3 Å². The van der Waals surface area contributed by atoms with Crippen molar-refractivity contribution in [1.82, 2.24) is 19.8 Å². The van der Waals surface area contributed by atoms with Crippen LogP contribution in [0.3, 0.4) is 0 Å². The predicted molar refractivity (Wildman–Crippen MR) is 92.4 cm³/mol. The topological polar surface area (TPSA) is 75.6 Å². The standard InChI is InChI=1S/C17H23ClN4O3/c1-17(2,3)25-16(24)22-7-4-11-10-21(6-5-13(11)22)15(23)12-8-20-14(18)9-19-12/h8-9,11,13H,4-7,10H2,1-3H3/t11-,13+/m1/s1. The summed E-state index contributed by atoms with van der Waals surface area (Å²) in [5.74, 6) is 0.129. The van der Waals surface area contributed by atoms with E-state index in [0.717, 1.165) is 12.8 Å². The zero-order chi connectivity index (χ0) is 18.2. The molecule has 0 bridgehead atoms. The van der Waals surface area contributed by atoms with Gasteiger partial charge in [-0.3, -0.25) is 4.79 Å². The van der Waals surface area contributed by atoms with Gasteiger partial charge in [0.15, 0.2) is 0 Å². The molecule has 0 saturated carbocycles. The van der Waals surface area contributed by atoms with E-state index in [1.165, 1.54) is 12.4 Å². The molecule has 2 amide bonds. The van der Waals surface area contributed by atoms with Gasteiger partial charge in [0.05, 0.1) is 12.4 Å². The maximum atomic E-state index is 12.6. The Kier molecular flexibility index (Phi) is 4.86. The largest absolute Gasteiger partial charge is 0.444 e. The molecule has 1 aromatic heterocycles. The lowest BCUT2D eigenvalue weighted by Crippen LogP contribution is -2.50. The average Bonchev–Trinajstić information content (AvgIpc) is 2.96. The fourth-order valence-electron chi connectivity index (χ4n) is 3.50. The number of halogens is 1. The molecule has 7 nitrogen and oxygen atoms in total. The molecule has 0 spiro atoms. The van der Waals surface area contributed by atoms with E-state index in [4.69, 9.17) is 16.3 Å². The molecule has 3 heterocycles. The van der Waals surface area contributed by atoms with E-state index in [0.29, 0.717) is 25.3 Å². The van der Waals surface area contributed by atoms with Crippen LogP contribution in [0.1, 0.15) is 44.1 Å². The van der Waals surface area contributed by atoms with Crippen LogP contribution >= 0.6 is 11.6 Å². The Morgan fingerprint density at radius 1 is 1.20 bits per heavy atom. The highest BCUT2D eigenvalue weighted by Gasteiger charge is 2.43. The highest BCUT2D eigenvalue weighted by molar-refractivity contribution is 6.29. The van der Waals surface area contributed by atoms with Crippen LogP contribution in [0.5, 0.6) is 0 Å². The molecule has 0 N–H and O–H groups in total. The van der Waals surface area contributed by atoms with Crippen LogP contribution in [0, 0.1) is 5.92 Å². The number of ether oxygens (including phenoxy) is 1. The Balaban J connectivity index is 1.63. The van der Waals surface area contributed by atoms with Gasteiger partial charge < -0.3 is 14.5 Å². The van der Waals surface area contributed by atoms with Crippen LogP contribution < -0.4 is 0 Å². The summed E-state index contributed by atoms with van der Waals surface area (Å²) in [7, 11) is 0. The lowest BCUT2D eigenvalue weighted by molar-refractivity contribution is 0.0146. The zero-order valence-electron chi connectivity index (χ0n) is 14.7. The molecule has 0 radical (unpaired) electrons. The second-order valence-electron chi connectivity index (χ2n) is 7.55. The number of fused-ring (bicyclic) bond motifs is 1. The number of carbonyl (C=O) groups excluding carboxylic acids is 2. The van der Waals surface area contributed by atoms with Gasteiger partial charge in [0.25, 0.3) is 5.91 Å². The summed E-state index contributed by atoms with van der Waals surface area (Å²) in [5, 5.41) is 0.263. The van der Waals surface area contributed by atoms with E-state index in [1.807, 2.05) is 25.7 Å². The third kappa shape index (κ3) is 4.03. The van der Waals surface area contributed by atoms with Crippen molar-refractivity contribution in [3.63, 3.8) is 0 Å². The molecular formula is C17H23ClN4O3. The molecule has 1 aromatic rings. The van der Waals surface area contributed by atoms with E-state index >= 15 is 0 Å². The van der Waals surface area contributed by atoms with Crippen molar-refractivity contribution in [1.29, 1.82) is 0 Å². The normalized spacial score (nSPS) is 23.4. The number of likely N-dealkylation sites (tertiary alicyclic amines) is 2. The van der Waals surface area contributed by atoms with Gasteiger partial charge in [-0.1, -0.05) is 11.6 Å². The fraction of sp³-hybridized carbons (Fsp3) is 0.647. The number of amides is 2. The summed E-state index contributed by atoms with van der Waals surface area (Å²) in [6.07, 6.45) is 4.14. The van der Waals surface area contributed by atoms with Crippen LogP contribution in [-0.2, 0) is 4.74 Å². The Labute approximate surface area is 152 Å². The number of rotatable bonds is 1. The second-order valence-corrected chi connectivity index (χ2v) is 7.94. The fourth-order valence-corrected chi connectivity index (χ4v) is 3.60. The van der Waals surface area contributed by atoms with Crippen LogP contribution in [0.2, 0.25) is 5.15 Å². The first kappa shape index (κ1) is 17.9. The van der Waals surface area contributed by atoms with Crippen molar-refractivity contribution >= 4 is 23.6 Å². The highest BCUT2D eigenvalue weighted by atomic mass is 35.5. The molecule has 0 aromatic carbocycles. The first-order valence-electron chi connectivity index (χ1n) is 8.51. The number of hydrogen-bond donors (Lipinski definition) is 0. The second kappa shape index (κ2) is 6.78. The molecule has 2 aliphatic rings. The summed E-state index contributed by atoms with van der Waals surface area (Å²) in [4.78, 5) is 36.5. The number of nitrogens with zero attached hydrogens (tertiary/aromatic N) is 4. The van der Waals surface area contributed by atoms with Crippen molar-refractivity contribution in [2.24, 2.45) is 5.92 Å². The van der Waals surface area contributed by atoms with E-state index < -0.39 is 5.60 Å². The van der Waals surface area contributed by atoms with Crippen LogP contribution in [0.25, 0.3) is 0 Å². The van der Waals surface area contributed by atoms with E-state index in [1.54, 1.807) is 4.90 Å². The molecule has 8 heteroatoms. The molecule has 2 aliphatic heterocycles. The molecule has 0 unspecified atom stereocenters. The van der Waals surface area contributed by atoms with E-state index in [2.05, 4.69) is 9.97 Å². The Morgan fingerprint density at radius 2 is 1.96 bits per heavy atom. The van der Waals surface area contributed by atoms with E-state index in [9.17, 15) is 9.59 Å². The molecule has 0 aliphatic carbocycles. The third-order valence-corrected chi connectivity index (χ3v) is 4.78. The minimum Gasteiger partial charge on any atom is -0.444 e. The number of aromatic nitrogens is 2. The summed E-state index contributed by atoms with van der Waals surface area (Å²) in [5.41, 5.74) is -0.205. The van der Waals surface area contributed by atoms with Crippen molar-refractivity contribution in [2.75, 3.05) is 19.6 Å². The SMILES string of the molecule is CC(C)(C)OC(=O)N1CC[C@@H]2CN(C(=O)c3cnc(Cl)cn3)CC[C@@H]21. The zero-order valence-corrected chi connectivity index (χ0v) is 15.5. The maximum Gasteiger partial charge on any atom is 0.410 e. The quantitative estimate of drug-likeness (QED) is 0.763. The summed E-state index contributed by atoms with van der Waals surface area (Å²) >= 11 is 5.72. The van der Waals surface area contributed by atoms with Gasteiger partial charge in [-0.2, -0.15) is 0 Å². The molecular weight excluding hydrogens is 344 g/mol. The van der Waals surface area contributed by atoms with E-state index in [-0.39, 0.29) is 29.1 Å². The predicted octanol–water partition coefficient (Wildman–Crippen LogP) is 2.60. The minimum absolute atomic E-state index is 0.134. The van der Waals surface area contributed by atoms with Crippen LogP contribution in [0.4, 0.5) is 4.79 Å². The molecule has 2 saturated heterocycles. The van der Waals surface area contributed by atoms with Crippen LogP contribution in [-0.4, -0.2) is 63.0 Å². The third-order valence-electron chi connectivity index (χ3n) is 4.59. The molecule has 2 atom stereocenters. The van der Waals surface area contributed by atoms with Gasteiger partial charge in [0.2, 0.25) is 0 Å². The lowest BCUT2D eigenvalue weighted by atomic mass is 9.92. The first-order valence-corrected chi connectivity index (χ1v) is 8.89. The van der Waals surface area contributed by atoms with Gasteiger partial charge >= 0.3 is 6.09 Å². The van der Waals surface area contributed by atoms with Crippen molar-refractivity contribution in [3.05, 3.63) is 23.2 Å². The van der Waals surface area contributed by atoms with Crippen molar-refractivity contribution in [3.8, 4) is 0 Å². The summed E-state index contributed by atoms with van der Waals surface area (Å²) in [6, 6.07) is 0.134.